The molecule has 0 bridgehead atoms. The molecule has 2 aromatic carbocycles. The zero-order chi connectivity index (χ0) is 23.8. The molecule has 0 spiro atoms. The highest BCUT2D eigenvalue weighted by Crippen LogP contribution is 2.43. The Kier molecular flexibility index (Phi) is 6.32. The van der Waals surface area contributed by atoms with E-state index in [1.165, 1.54) is 48.5 Å². The van der Waals surface area contributed by atoms with E-state index in [-0.39, 0.29) is 28.3 Å². The lowest BCUT2D eigenvalue weighted by molar-refractivity contribution is -0.143. The average molecular weight is 482 g/mol. The summed E-state index contributed by atoms with van der Waals surface area (Å²) >= 11 is 0. The van der Waals surface area contributed by atoms with Gasteiger partial charge in [-0.1, -0.05) is 12.1 Å². The van der Waals surface area contributed by atoms with Gasteiger partial charge in [0, 0.05) is 23.9 Å². The molecule has 0 aliphatic carbocycles. The highest BCUT2D eigenvalue weighted by molar-refractivity contribution is 7.90. The van der Waals surface area contributed by atoms with Crippen LogP contribution >= 0.6 is 0 Å². The monoisotopic (exact) mass is 481 g/mol. The molecule has 0 unspecified atom stereocenters. The minimum atomic E-state index is -4.71. The normalized spacial score (nSPS) is 15.3. The van der Waals surface area contributed by atoms with E-state index in [1.807, 2.05) is 0 Å². The molecule has 1 aromatic heterocycles. The Morgan fingerprint density at radius 3 is 2.03 bits per heavy atom. The maximum absolute atomic E-state index is 14.3. The number of benzene rings is 2. The van der Waals surface area contributed by atoms with Gasteiger partial charge in [0.25, 0.3) is 0 Å². The van der Waals surface area contributed by atoms with Crippen molar-refractivity contribution in [1.29, 1.82) is 0 Å². The number of hydrogen-bond donors (Lipinski definition) is 0. The fraction of sp³-hybridized carbons (Fsp3) is 0.348. The zero-order valence-corrected chi connectivity index (χ0v) is 18.8. The van der Waals surface area contributed by atoms with Crippen LogP contribution in [0.25, 0.3) is 22.4 Å². The van der Waals surface area contributed by atoms with Crippen molar-refractivity contribution in [2.75, 3.05) is 25.9 Å². The fourth-order valence-electron chi connectivity index (χ4n) is 4.11. The Morgan fingerprint density at radius 1 is 0.909 bits per heavy atom. The molecule has 1 fully saturated rings. The van der Waals surface area contributed by atoms with Gasteiger partial charge in [-0.2, -0.15) is 18.3 Å². The third-order valence-electron chi connectivity index (χ3n) is 5.74. The first-order chi connectivity index (χ1) is 15.5. The number of hydrogen-bond acceptors (Lipinski definition) is 4. The van der Waals surface area contributed by atoms with Crippen molar-refractivity contribution >= 4 is 9.84 Å². The summed E-state index contributed by atoms with van der Waals surface area (Å²) in [6.45, 7) is 2.16. The molecule has 10 heteroatoms. The smallest absolute Gasteiger partial charge is 0.301 e. The molecule has 3 aromatic rings. The predicted octanol–water partition coefficient (Wildman–Crippen LogP) is 4.87. The third-order valence-corrected chi connectivity index (χ3v) is 6.86. The summed E-state index contributed by atoms with van der Waals surface area (Å²) in [6, 6.07) is 10.4. The Labute approximate surface area is 189 Å². The first-order valence-corrected chi connectivity index (χ1v) is 12.4. The summed E-state index contributed by atoms with van der Waals surface area (Å²) in [5, 5.41) is 4.31. The first kappa shape index (κ1) is 23.4. The quantitative estimate of drug-likeness (QED) is 0.471. The summed E-state index contributed by atoms with van der Waals surface area (Å²) in [5.41, 5.74) is -0.481. The Bertz CT molecular complexity index is 1230. The standard InChI is InChI=1S/C23H23F4N3O2S/c1-33(31,32)19-10-6-16(7-11-19)20-21(17-4-8-18(24)9-5-17)28-30(22(20)23(25,26)27)15-14-29-12-2-3-13-29/h4-11H,2-3,12-15H2,1H3. The first-order valence-electron chi connectivity index (χ1n) is 10.5. The van der Waals surface area contributed by atoms with E-state index in [1.54, 1.807) is 0 Å². The number of sulfone groups is 1. The van der Waals surface area contributed by atoms with Crippen LogP contribution < -0.4 is 0 Å². The van der Waals surface area contributed by atoms with E-state index in [4.69, 9.17) is 0 Å². The third kappa shape index (κ3) is 5.11. The molecule has 0 saturated carbocycles. The van der Waals surface area contributed by atoms with Crippen molar-refractivity contribution in [3.63, 3.8) is 0 Å². The maximum atomic E-state index is 14.3. The minimum absolute atomic E-state index is 0.00423. The number of nitrogens with zero attached hydrogens (tertiary/aromatic N) is 3. The number of aromatic nitrogens is 2. The van der Waals surface area contributed by atoms with Crippen LogP contribution in [0.1, 0.15) is 18.5 Å². The molecule has 0 atom stereocenters. The van der Waals surface area contributed by atoms with Crippen molar-refractivity contribution in [3.05, 3.63) is 60.0 Å². The molecule has 1 aliphatic rings. The second kappa shape index (κ2) is 8.90. The lowest BCUT2D eigenvalue weighted by Gasteiger charge is -2.17. The summed E-state index contributed by atoms with van der Waals surface area (Å²) in [7, 11) is -3.51. The van der Waals surface area contributed by atoms with Crippen molar-refractivity contribution < 1.29 is 26.0 Å². The van der Waals surface area contributed by atoms with Crippen LogP contribution in [0.15, 0.2) is 53.4 Å². The predicted molar refractivity (Wildman–Crippen MR) is 117 cm³/mol. The fourth-order valence-corrected chi connectivity index (χ4v) is 4.74. The second-order valence-corrected chi connectivity index (χ2v) is 10.2. The van der Waals surface area contributed by atoms with Gasteiger partial charge in [-0.05, 0) is 67.9 Å². The van der Waals surface area contributed by atoms with Gasteiger partial charge in [-0.25, -0.2) is 12.8 Å². The molecule has 33 heavy (non-hydrogen) atoms. The average Bonchev–Trinajstić information content (AvgIpc) is 3.40. The van der Waals surface area contributed by atoms with Gasteiger partial charge in [0.1, 0.15) is 11.5 Å². The molecule has 5 nitrogen and oxygen atoms in total. The lowest BCUT2D eigenvalue weighted by atomic mass is 9.98. The van der Waals surface area contributed by atoms with E-state index in [2.05, 4.69) is 10.00 Å². The van der Waals surface area contributed by atoms with Gasteiger partial charge in [0.05, 0.1) is 11.4 Å². The van der Waals surface area contributed by atoms with Crippen molar-refractivity contribution in [3.8, 4) is 22.4 Å². The van der Waals surface area contributed by atoms with Gasteiger partial charge >= 0.3 is 6.18 Å². The van der Waals surface area contributed by atoms with Crippen LogP contribution in [0.3, 0.4) is 0 Å². The molecule has 0 amide bonds. The Balaban J connectivity index is 1.87. The van der Waals surface area contributed by atoms with E-state index < -0.39 is 27.5 Å². The topological polar surface area (TPSA) is 55.2 Å². The number of halogens is 4. The van der Waals surface area contributed by atoms with E-state index in [0.29, 0.717) is 12.1 Å². The van der Waals surface area contributed by atoms with E-state index >= 15 is 0 Å². The van der Waals surface area contributed by atoms with Gasteiger partial charge in [-0.3, -0.25) is 4.68 Å². The summed E-state index contributed by atoms with van der Waals surface area (Å²) in [4.78, 5) is 2.10. The van der Waals surface area contributed by atoms with Gasteiger partial charge in [0.15, 0.2) is 15.5 Å². The largest absolute Gasteiger partial charge is 0.433 e. The number of rotatable bonds is 6. The van der Waals surface area contributed by atoms with Crippen molar-refractivity contribution in [2.24, 2.45) is 0 Å². The highest BCUT2D eigenvalue weighted by atomic mass is 32.2. The lowest BCUT2D eigenvalue weighted by Crippen LogP contribution is -2.26. The van der Waals surface area contributed by atoms with E-state index in [9.17, 15) is 26.0 Å². The SMILES string of the molecule is CS(=O)(=O)c1ccc(-c2c(-c3ccc(F)cc3)nn(CCN3CCCC3)c2C(F)(F)F)cc1. The van der Waals surface area contributed by atoms with Crippen LogP contribution in [0.4, 0.5) is 17.6 Å². The summed E-state index contributed by atoms with van der Waals surface area (Å²) in [5.74, 6) is -0.512. The van der Waals surface area contributed by atoms with Crippen LogP contribution in [-0.2, 0) is 22.6 Å². The van der Waals surface area contributed by atoms with Gasteiger partial charge < -0.3 is 4.90 Å². The summed E-state index contributed by atoms with van der Waals surface area (Å²) < 4.78 is 81.0. The van der Waals surface area contributed by atoms with Crippen LogP contribution in [0, 0.1) is 5.82 Å². The zero-order valence-electron chi connectivity index (χ0n) is 17.9. The van der Waals surface area contributed by atoms with Crippen molar-refractivity contribution in [2.45, 2.75) is 30.5 Å². The Hall–Kier alpha value is -2.72. The molecular weight excluding hydrogens is 458 g/mol. The molecular formula is C23H23F4N3O2S. The molecule has 176 valence electrons. The number of likely N-dealkylation sites (tertiary alicyclic amines) is 1. The molecule has 4 rings (SSSR count). The number of alkyl halides is 3. The van der Waals surface area contributed by atoms with Gasteiger partial charge in [-0.15, -0.1) is 0 Å². The Morgan fingerprint density at radius 2 is 1.48 bits per heavy atom. The van der Waals surface area contributed by atoms with Crippen molar-refractivity contribution in [1.82, 2.24) is 14.7 Å². The van der Waals surface area contributed by atoms with Crippen LogP contribution in [0.5, 0.6) is 0 Å². The molecule has 1 aliphatic heterocycles. The summed E-state index contributed by atoms with van der Waals surface area (Å²) in [6.07, 6.45) is -1.64. The molecule has 1 saturated heterocycles. The van der Waals surface area contributed by atoms with E-state index in [0.717, 1.165) is 36.9 Å². The molecule has 0 N–H and O–H groups in total. The maximum Gasteiger partial charge on any atom is 0.433 e. The molecule has 2 heterocycles. The highest BCUT2D eigenvalue weighted by Gasteiger charge is 2.40. The second-order valence-electron chi connectivity index (χ2n) is 8.15. The van der Waals surface area contributed by atoms with Gasteiger partial charge in [0.2, 0.25) is 0 Å². The van der Waals surface area contributed by atoms with Crippen LogP contribution in [0.2, 0.25) is 0 Å². The minimum Gasteiger partial charge on any atom is -0.301 e. The van der Waals surface area contributed by atoms with Crippen LogP contribution in [-0.4, -0.2) is 49.0 Å². The molecule has 0 radical (unpaired) electrons.